The third kappa shape index (κ3) is 3.84. The third-order valence-corrected chi connectivity index (χ3v) is 3.78. The van der Waals surface area contributed by atoms with Gasteiger partial charge in [0.1, 0.15) is 0 Å². The summed E-state index contributed by atoms with van der Waals surface area (Å²) in [5.41, 5.74) is 0. The van der Waals surface area contributed by atoms with Gasteiger partial charge in [-0.1, -0.05) is 0 Å². The van der Waals surface area contributed by atoms with E-state index in [0.29, 0.717) is 0 Å². The Bertz CT molecular complexity index is 750. The third-order valence-electron chi connectivity index (χ3n) is 2.88. The Labute approximate surface area is 151 Å². The Kier molecular flexibility index (Phi) is 6.54. The van der Waals surface area contributed by atoms with Crippen LogP contribution in [0.3, 0.4) is 0 Å². The lowest BCUT2D eigenvalue weighted by molar-refractivity contribution is -0.507. The predicted molar refractivity (Wildman–Crippen MR) is 53.3 cm³/mol. The van der Waals surface area contributed by atoms with Crippen molar-refractivity contribution in [2.24, 2.45) is 0 Å². The first-order chi connectivity index (χ1) is 12.5. The van der Waals surface area contributed by atoms with Crippen LogP contribution >= 0.6 is 0 Å². The van der Waals surface area contributed by atoms with Gasteiger partial charge in [0.05, 0.1) is 0 Å². The number of alkyl halides is 17. The fraction of sp³-hybridized carbons (Fsp3) is 1.00. The Morgan fingerprint density at radius 3 is 1.03 bits per heavy atom. The van der Waals surface area contributed by atoms with Crippen LogP contribution in [-0.2, 0) is 14.9 Å². The summed E-state index contributed by atoms with van der Waals surface area (Å²) in [5.74, 6) is -43.2. The highest BCUT2D eigenvalue weighted by atomic mass is 32.2. The molecule has 0 bridgehead atoms. The van der Waals surface area contributed by atoms with Gasteiger partial charge in [-0.2, -0.15) is 69.9 Å². The molecule has 0 aliphatic heterocycles. The molecular formula is C8HF17O4S. The van der Waals surface area contributed by atoms with Crippen molar-refractivity contribution in [2.75, 3.05) is 0 Å². The second-order valence-electron chi connectivity index (χ2n) is 4.93. The Hall–Kier alpha value is -1.32. The number of ether oxygens (including phenoxy) is 1. The first kappa shape index (κ1) is 28.7. The maximum Gasteiger partial charge on any atom is 0.527 e. The van der Waals surface area contributed by atoms with Gasteiger partial charge in [-0.15, -0.1) is 13.2 Å². The van der Waals surface area contributed by atoms with Crippen molar-refractivity contribution in [1.29, 1.82) is 0 Å². The molecular weight excluding hydrogens is 515 g/mol. The molecule has 0 spiro atoms. The zero-order valence-electron chi connectivity index (χ0n) is 12.5. The van der Waals surface area contributed by atoms with E-state index in [1.165, 1.54) is 0 Å². The van der Waals surface area contributed by atoms with Crippen molar-refractivity contribution in [3.05, 3.63) is 0 Å². The first-order valence-corrected chi connectivity index (χ1v) is 7.28. The summed E-state index contributed by atoms with van der Waals surface area (Å²) in [6.45, 7) is 0. The molecule has 0 aromatic carbocycles. The summed E-state index contributed by atoms with van der Waals surface area (Å²) in [5, 5.41) is -7.83. The van der Waals surface area contributed by atoms with Crippen LogP contribution in [0, 0.1) is 0 Å². The maximum atomic E-state index is 13.1. The largest absolute Gasteiger partial charge is 0.527 e. The van der Waals surface area contributed by atoms with Crippen LogP contribution in [0.4, 0.5) is 74.6 Å². The van der Waals surface area contributed by atoms with E-state index in [-0.39, 0.29) is 0 Å². The SMILES string of the molecule is O=S(=O)(O)C(F)(F)C(F)(F)C(F)(F)C(F)(F)C(F)(F)C(F)(F)C(F)(F)OC(F)(F)F. The molecule has 0 aromatic rings. The van der Waals surface area contributed by atoms with Crippen molar-refractivity contribution >= 4 is 10.1 Å². The van der Waals surface area contributed by atoms with Crippen molar-refractivity contribution in [3.63, 3.8) is 0 Å². The molecule has 0 heterocycles. The summed E-state index contributed by atoms with van der Waals surface area (Å²) in [6, 6.07) is 0. The second kappa shape index (κ2) is 6.84. The summed E-state index contributed by atoms with van der Waals surface area (Å²) < 4.78 is 244. The molecule has 0 aromatic heterocycles. The van der Waals surface area contributed by atoms with E-state index in [2.05, 4.69) is 0 Å². The first-order valence-electron chi connectivity index (χ1n) is 5.84. The van der Waals surface area contributed by atoms with Crippen molar-refractivity contribution in [3.8, 4) is 0 Å². The van der Waals surface area contributed by atoms with Crippen LogP contribution in [0.25, 0.3) is 0 Å². The van der Waals surface area contributed by atoms with E-state index in [1.807, 2.05) is 0 Å². The van der Waals surface area contributed by atoms with Crippen LogP contribution in [0.2, 0.25) is 0 Å². The summed E-state index contributed by atoms with van der Waals surface area (Å²) >= 11 is 0. The summed E-state index contributed by atoms with van der Waals surface area (Å²) in [4.78, 5) is 0. The molecule has 0 aliphatic rings. The monoisotopic (exact) mass is 516 g/mol. The molecule has 0 unspecified atom stereocenters. The number of rotatable bonds is 8. The van der Waals surface area contributed by atoms with Gasteiger partial charge < -0.3 is 0 Å². The average Bonchev–Trinajstić information content (AvgIpc) is 2.41. The molecule has 30 heavy (non-hydrogen) atoms. The zero-order valence-corrected chi connectivity index (χ0v) is 13.3. The topological polar surface area (TPSA) is 63.6 Å². The minimum Gasteiger partial charge on any atom is -0.281 e. The predicted octanol–water partition coefficient (Wildman–Crippen LogP) is 4.77. The standard InChI is InChI=1S/C8HF17O4S/c9-1(10,3(13,14)5(17,18)7(21,22)30(26,27)28)2(11,12)4(15,16)6(19,20)29-8(23,24)25/h(H,26,27,28). The molecule has 0 amide bonds. The minimum absolute atomic E-state index is 1.08. The van der Waals surface area contributed by atoms with E-state index in [9.17, 15) is 83.1 Å². The van der Waals surface area contributed by atoms with E-state index < -0.39 is 57.5 Å². The minimum atomic E-state index is -8.83. The Morgan fingerprint density at radius 1 is 0.500 bits per heavy atom. The molecule has 182 valence electrons. The van der Waals surface area contributed by atoms with Crippen LogP contribution in [0.1, 0.15) is 0 Å². The Morgan fingerprint density at radius 2 is 0.767 bits per heavy atom. The van der Waals surface area contributed by atoms with Crippen molar-refractivity contribution in [1.82, 2.24) is 0 Å². The number of hydrogen-bond acceptors (Lipinski definition) is 3. The molecule has 22 heteroatoms. The molecule has 0 aliphatic carbocycles. The molecule has 0 saturated carbocycles. The molecule has 0 radical (unpaired) electrons. The highest BCUT2D eigenvalue weighted by molar-refractivity contribution is 7.87. The Balaban J connectivity index is 6.77. The molecule has 0 rings (SSSR count). The van der Waals surface area contributed by atoms with Crippen molar-refractivity contribution in [2.45, 2.75) is 47.3 Å². The molecule has 1 N–H and O–H groups in total. The van der Waals surface area contributed by atoms with Crippen molar-refractivity contribution < 1.29 is 92.3 Å². The van der Waals surface area contributed by atoms with Gasteiger partial charge >= 0.3 is 57.5 Å². The lowest BCUT2D eigenvalue weighted by atomic mass is 9.93. The van der Waals surface area contributed by atoms with Crippen LogP contribution < -0.4 is 0 Å². The number of halogens is 17. The van der Waals surface area contributed by atoms with Gasteiger partial charge in [0.15, 0.2) is 0 Å². The zero-order chi connectivity index (χ0) is 25.2. The van der Waals surface area contributed by atoms with Gasteiger partial charge in [-0.3, -0.25) is 4.55 Å². The van der Waals surface area contributed by atoms with Gasteiger partial charge in [0.25, 0.3) is 0 Å². The lowest BCUT2D eigenvalue weighted by Gasteiger charge is -2.41. The summed E-state index contributed by atoms with van der Waals surface area (Å²) in [7, 11) is -7.89. The van der Waals surface area contributed by atoms with Gasteiger partial charge in [0, 0.05) is 0 Å². The van der Waals surface area contributed by atoms with E-state index >= 15 is 0 Å². The van der Waals surface area contributed by atoms with E-state index in [1.54, 1.807) is 0 Å². The molecule has 0 atom stereocenters. The van der Waals surface area contributed by atoms with Crippen LogP contribution in [0.5, 0.6) is 0 Å². The fourth-order valence-electron chi connectivity index (χ4n) is 1.33. The molecule has 0 fully saturated rings. The van der Waals surface area contributed by atoms with E-state index in [0.717, 1.165) is 4.74 Å². The second-order valence-corrected chi connectivity index (χ2v) is 6.39. The van der Waals surface area contributed by atoms with Crippen LogP contribution in [-0.4, -0.2) is 60.3 Å². The van der Waals surface area contributed by atoms with Gasteiger partial charge in [-0.25, -0.2) is 4.74 Å². The average molecular weight is 516 g/mol. The van der Waals surface area contributed by atoms with Gasteiger partial charge in [-0.05, 0) is 0 Å². The highest BCUT2D eigenvalue weighted by Crippen LogP contribution is 2.63. The fourth-order valence-corrected chi connectivity index (χ4v) is 1.78. The quantitative estimate of drug-likeness (QED) is 0.373. The van der Waals surface area contributed by atoms with E-state index in [4.69, 9.17) is 4.55 Å². The van der Waals surface area contributed by atoms with Gasteiger partial charge in [0.2, 0.25) is 0 Å². The lowest BCUT2D eigenvalue weighted by Crippen LogP contribution is -2.74. The van der Waals surface area contributed by atoms with Crippen LogP contribution in [0.15, 0.2) is 0 Å². The summed E-state index contributed by atoms with van der Waals surface area (Å²) in [6.07, 6.45) is -14.9. The molecule has 0 saturated heterocycles. The number of hydrogen-bond donors (Lipinski definition) is 1. The maximum absolute atomic E-state index is 13.1. The molecule has 4 nitrogen and oxygen atoms in total. The normalized spacial score (nSPS) is 16.7. The highest BCUT2D eigenvalue weighted by Gasteiger charge is 2.95. The smallest absolute Gasteiger partial charge is 0.281 e.